The van der Waals surface area contributed by atoms with Crippen molar-refractivity contribution < 1.29 is 0 Å². The minimum Gasteiger partial charge on any atom is -0.377 e. The molecule has 4 aromatic carbocycles. The number of aryl methyl sites for hydroxylation is 2. The molecule has 1 nitrogen and oxygen atoms in total. The standard InChI is InChI=1S/C25H25N/c1-26(2)25-17-8-5-10-19(25)13-9-16-24-22-14-6-3-11-20(22)18-21-12-4-7-15-23(21)24/h3-8,10-12,14-15,17-18H,9,13,16H2,1-2H3. The van der Waals surface area contributed by atoms with Crippen molar-refractivity contribution in [3.63, 3.8) is 0 Å². The lowest BCUT2D eigenvalue weighted by atomic mass is 9.93. The molecule has 4 aromatic rings. The number of hydrogen-bond donors (Lipinski definition) is 0. The summed E-state index contributed by atoms with van der Waals surface area (Å²) in [7, 11) is 4.24. The Morgan fingerprint density at radius 3 is 1.88 bits per heavy atom. The van der Waals surface area contributed by atoms with Gasteiger partial charge in [0.25, 0.3) is 0 Å². The van der Waals surface area contributed by atoms with Gasteiger partial charge in [-0.15, -0.1) is 0 Å². The van der Waals surface area contributed by atoms with Crippen molar-refractivity contribution in [3.05, 3.63) is 90.0 Å². The van der Waals surface area contributed by atoms with E-state index in [4.69, 9.17) is 0 Å². The molecule has 0 aliphatic rings. The molecule has 0 aliphatic heterocycles. The number of rotatable bonds is 5. The second-order valence-electron chi connectivity index (χ2n) is 7.17. The van der Waals surface area contributed by atoms with Gasteiger partial charge in [-0.25, -0.2) is 0 Å². The molecule has 0 bridgehead atoms. The third-order valence-electron chi connectivity index (χ3n) is 5.23. The molecule has 0 aliphatic carbocycles. The van der Waals surface area contributed by atoms with Crippen molar-refractivity contribution in [2.24, 2.45) is 0 Å². The van der Waals surface area contributed by atoms with Crippen LogP contribution in [0, 0.1) is 0 Å². The van der Waals surface area contributed by atoms with Crippen LogP contribution in [0.2, 0.25) is 0 Å². The molecule has 0 spiro atoms. The van der Waals surface area contributed by atoms with Gasteiger partial charge in [0.2, 0.25) is 0 Å². The van der Waals surface area contributed by atoms with Crippen LogP contribution in [-0.2, 0) is 12.8 Å². The van der Waals surface area contributed by atoms with Crippen LogP contribution < -0.4 is 4.90 Å². The molecule has 26 heavy (non-hydrogen) atoms. The van der Waals surface area contributed by atoms with Crippen molar-refractivity contribution in [2.75, 3.05) is 19.0 Å². The quantitative estimate of drug-likeness (QED) is 0.389. The Morgan fingerprint density at radius 2 is 1.23 bits per heavy atom. The number of fused-ring (bicyclic) bond motifs is 2. The lowest BCUT2D eigenvalue weighted by Gasteiger charge is -2.17. The summed E-state index contributed by atoms with van der Waals surface area (Å²) in [6, 6.07) is 28.6. The van der Waals surface area contributed by atoms with E-state index in [1.807, 2.05) is 0 Å². The van der Waals surface area contributed by atoms with Gasteiger partial charge < -0.3 is 4.90 Å². The third-order valence-corrected chi connectivity index (χ3v) is 5.23. The van der Waals surface area contributed by atoms with E-state index < -0.39 is 0 Å². The highest BCUT2D eigenvalue weighted by Gasteiger charge is 2.09. The maximum absolute atomic E-state index is 2.31. The lowest BCUT2D eigenvalue weighted by molar-refractivity contribution is 0.826. The van der Waals surface area contributed by atoms with E-state index >= 15 is 0 Å². The Hall–Kier alpha value is -2.80. The summed E-state index contributed by atoms with van der Waals surface area (Å²) in [6.07, 6.45) is 3.36. The summed E-state index contributed by atoms with van der Waals surface area (Å²) in [5.74, 6) is 0. The van der Waals surface area contributed by atoms with Crippen LogP contribution >= 0.6 is 0 Å². The summed E-state index contributed by atoms with van der Waals surface area (Å²) in [6.45, 7) is 0. The molecule has 0 atom stereocenters. The second kappa shape index (κ2) is 7.21. The highest BCUT2D eigenvalue weighted by molar-refractivity contribution is 6.02. The molecule has 0 saturated carbocycles. The van der Waals surface area contributed by atoms with Crippen LogP contribution in [0.4, 0.5) is 5.69 Å². The predicted molar refractivity (Wildman–Crippen MR) is 114 cm³/mol. The van der Waals surface area contributed by atoms with Crippen molar-refractivity contribution >= 4 is 27.2 Å². The van der Waals surface area contributed by atoms with Crippen molar-refractivity contribution in [1.82, 2.24) is 0 Å². The van der Waals surface area contributed by atoms with Crippen molar-refractivity contribution in [1.29, 1.82) is 0 Å². The molecule has 0 fully saturated rings. The van der Waals surface area contributed by atoms with E-state index in [2.05, 4.69) is 97.9 Å². The van der Waals surface area contributed by atoms with Crippen LogP contribution in [0.15, 0.2) is 78.9 Å². The Kier molecular flexibility index (Phi) is 4.62. The van der Waals surface area contributed by atoms with E-state index in [9.17, 15) is 0 Å². The number of benzene rings is 4. The molecule has 0 aromatic heterocycles. The minimum atomic E-state index is 1.10. The van der Waals surface area contributed by atoms with Gasteiger partial charge in [-0.2, -0.15) is 0 Å². The normalized spacial score (nSPS) is 11.2. The fourth-order valence-electron chi connectivity index (χ4n) is 3.99. The molecule has 0 saturated heterocycles. The largest absolute Gasteiger partial charge is 0.377 e. The molecule has 0 heterocycles. The zero-order valence-electron chi connectivity index (χ0n) is 15.6. The zero-order valence-corrected chi connectivity index (χ0v) is 15.6. The molecule has 0 radical (unpaired) electrons. The Morgan fingerprint density at radius 1 is 0.654 bits per heavy atom. The number of nitrogens with zero attached hydrogens (tertiary/aromatic N) is 1. The topological polar surface area (TPSA) is 3.24 Å². The third kappa shape index (κ3) is 3.17. The van der Waals surface area contributed by atoms with Gasteiger partial charge in [0.05, 0.1) is 0 Å². The Balaban J connectivity index is 1.67. The maximum Gasteiger partial charge on any atom is 0.0393 e. The lowest BCUT2D eigenvalue weighted by Crippen LogP contribution is -2.11. The van der Waals surface area contributed by atoms with Gasteiger partial charge in [0.15, 0.2) is 0 Å². The molecule has 1 heteroatoms. The van der Waals surface area contributed by atoms with Crippen molar-refractivity contribution in [3.8, 4) is 0 Å². The summed E-state index contributed by atoms with van der Waals surface area (Å²) >= 11 is 0. The number of anilines is 1. The highest BCUT2D eigenvalue weighted by Crippen LogP contribution is 2.30. The van der Waals surface area contributed by atoms with Gasteiger partial charge in [0.1, 0.15) is 0 Å². The van der Waals surface area contributed by atoms with Crippen LogP contribution in [0.1, 0.15) is 17.5 Å². The van der Waals surface area contributed by atoms with E-state index in [0.29, 0.717) is 0 Å². The van der Waals surface area contributed by atoms with Gasteiger partial charge in [-0.1, -0.05) is 66.7 Å². The molecule has 0 N–H and O–H groups in total. The van der Waals surface area contributed by atoms with Crippen LogP contribution in [0.3, 0.4) is 0 Å². The Bertz CT molecular complexity index is 992. The summed E-state index contributed by atoms with van der Waals surface area (Å²) in [5.41, 5.74) is 4.25. The molecule has 130 valence electrons. The SMILES string of the molecule is CN(C)c1ccccc1CCCc1c2ccccc2cc2ccccc12. The summed E-state index contributed by atoms with van der Waals surface area (Å²) < 4.78 is 0. The van der Waals surface area contributed by atoms with E-state index in [1.165, 1.54) is 38.4 Å². The first kappa shape index (κ1) is 16.7. The smallest absolute Gasteiger partial charge is 0.0393 e. The van der Waals surface area contributed by atoms with Crippen LogP contribution in [0.25, 0.3) is 21.5 Å². The van der Waals surface area contributed by atoms with E-state index in [-0.39, 0.29) is 0 Å². The van der Waals surface area contributed by atoms with Crippen LogP contribution in [0.5, 0.6) is 0 Å². The predicted octanol–water partition coefficient (Wildman–Crippen LogP) is 6.23. The van der Waals surface area contributed by atoms with Crippen LogP contribution in [-0.4, -0.2) is 14.1 Å². The fraction of sp³-hybridized carbons (Fsp3) is 0.200. The molecule has 0 unspecified atom stereocenters. The molecule has 0 amide bonds. The second-order valence-corrected chi connectivity index (χ2v) is 7.17. The van der Waals surface area contributed by atoms with Gasteiger partial charge in [-0.3, -0.25) is 0 Å². The monoisotopic (exact) mass is 339 g/mol. The first-order valence-electron chi connectivity index (χ1n) is 9.38. The minimum absolute atomic E-state index is 1.10. The molecule has 4 rings (SSSR count). The average molecular weight is 339 g/mol. The molecular formula is C25H25N. The first-order chi connectivity index (χ1) is 12.7. The number of hydrogen-bond acceptors (Lipinski definition) is 1. The average Bonchev–Trinajstić information content (AvgIpc) is 2.67. The first-order valence-corrected chi connectivity index (χ1v) is 9.38. The van der Waals surface area contributed by atoms with E-state index in [1.54, 1.807) is 0 Å². The van der Waals surface area contributed by atoms with Gasteiger partial charge in [0, 0.05) is 19.8 Å². The van der Waals surface area contributed by atoms with Gasteiger partial charge in [-0.05, 0) is 64.1 Å². The van der Waals surface area contributed by atoms with E-state index in [0.717, 1.165) is 19.3 Å². The zero-order chi connectivity index (χ0) is 17.9. The molecular weight excluding hydrogens is 314 g/mol. The fourth-order valence-corrected chi connectivity index (χ4v) is 3.99. The maximum atomic E-state index is 2.31. The summed E-state index contributed by atoms with van der Waals surface area (Å²) in [4.78, 5) is 2.21. The van der Waals surface area contributed by atoms with Gasteiger partial charge >= 0.3 is 0 Å². The van der Waals surface area contributed by atoms with Crippen molar-refractivity contribution in [2.45, 2.75) is 19.3 Å². The highest BCUT2D eigenvalue weighted by atomic mass is 15.1. The Labute approximate surface area is 155 Å². The number of para-hydroxylation sites is 1. The summed E-state index contributed by atoms with van der Waals surface area (Å²) in [5, 5.41) is 5.48.